The van der Waals surface area contributed by atoms with E-state index in [-0.39, 0.29) is 5.91 Å². The van der Waals surface area contributed by atoms with Gasteiger partial charge in [0.25, 0.3) is 0 Å². The molecule has 2 rings (SSSR count). The molecule has 3 nitrogen and oxygen atoms in total. The lowest BCUT2D eigenvalue weighted by Crippen LogP contribution is -2.14. The summed E-state index contributed by atoms with van der Waals surface area (Å²) in [6, 6.07) is 13.2. The normalized spacial score (nSPS) is 10.4. The third kappa shape index (κ3) is 4.99. The summed E-state index contributed by atoms with van der Waals surface area (Å²) in [5, 5.41) is 3.50. The molecular weight excluding hydrogens is 304 g/mol. The van der Waals surface area contributed by atoms with Crippen LogP contribution < -0.4 is 11.1 Å². The fourth-order valence-electron chi connectivity index (χ4n) is 1.74. The van der Waals surface area contributed by atoms with Crippen LogP contribution in [0, 0.1) is 6.92 Å². The second kappa shape index (κ2) is 7.38. The van der Waals surface area contributed by atoms with Crippen LogP contribution in [-0.4, -0.2) is 11.7 Å². The maximum atomic E-state index is 11.9. The van der Waals surface area contributed by atoms with Crippen molar-refractivity contribution >= 4 is 40.6 Å². The molecule has 1 amide bonds. The highest BCUT2D eigenvalue weighted by Crippen LogP contribution is 2.20. The van der Waals surface area contributed by atoms with Crippen LogP contribution in [0.2, 0.25) is 5.02 Å². The second-order valence-corrected chi connectivity index (χ2v) is 6.14. The van der Waals surface area contributed by atoms with Crippen LogP contribution in [0.15, 0.2) is 42.5 Å². The molecule has 3 N–H and O–H groups in total. The third-order valence-electron chi connectivity index (χ3n) is 2.94. The number of rotatable bonds is 5. The Morgan fingerprint density at radius 1 is 1.24 bits per heavy atom. The first-order valence-corrected chi connectivity index (χ1v) is 8.06. The molecule has 0 unspecified atom stereocenters. The predicted octanol–water partition coefficient (Wildman–Crippen LogP) is 4.10. The molecule has 0 aromatic heterocycles. The number of anilines is 2. The number of hydrogen-bond acceptors (Lipinski definition) is 3. The van der Waals surface area contributed by atoms with Crippen LogP contribution in [0.3, 0.4) is 0 Å². The van der Waals surface area contributed by atoms with Crippen molar-refractivity contribution in [3.8, 4) is 0 Å². The number of nitrogens with one attached hydrogen (secondary N) is 1. The Balaban J connectivity index is 1.79. The van der Waals surface area contributed by atoms with E-state index in [2.05, 4.69) is 5.32 Å². The first-order chi connectivity index (χ1) is 10.0. The molecule has 0 radical (unpaired) electrons. The first kappa shape index (κ1) is 15.7. The van der Waals surface area contributed by atoms with Gasteiger partial charge < -0.3 is 11.1 Å². The maximum absolute atomic E-state index is 11.9. The summed E-state index contributed by atoms with van der Waals surface area (Å²) in [6.07, 6.45) is 0. The van der Waals surface area contributed by atoms with E-state index < -0.39 is 0 Å². The van der Waals surface area contributed by atoms with Crippen LogP contribution in [-0.2, 0) is 10.5 Å². The van der Waals surface area contributed by atoms with Gasteiger partial charge in [0, 0.05) is 22.2 Å². The number of nitrogen functional groups attached to an aromatic ring is 1. The highest BCUT2D eigenvalue weighted by atomic mass is 35.5. The fraction of sp³-hybridized carbons (Fsp3) is 0.188. The summed E-state index contributed by atoms with van der Waals surface area (Å²) in [5.41, 5.74) is 9.25. The Morgan fingerprint density at radius 3 is 2.62 bits per heavy atom. The van der Waals surface area contributed by atoms with Gasteiger partial charge in [-0.25, -0.2) is 0 Å². The summed E-state index contributed by atoms with van der Waals surface area (Å²) in [7, 11) is 0. The predicted molar refractivity (Wildman–Crippen MR) is 91.8 cm³/mol. The van der Waals surface area contributed by atoms with Crippen LogP contribution in [0.1, 0.15) is 11.1 Å². The third-order valence-corrected chi connectivity index (χ3v) is 4.35. The number of carbonyl (C=O) groups excluding carboxylic acids is 1. The summed E-state index contributed by atoms with van der Waals surface area (Å²) in [4.78, 5) is 11.9. The van der Waals surface area contributed by atoms with E-state index in [1.54, 1.807) is 17.8 Å². The van der Waals surface area contributed by atoms with Crippen LogP contribution >= 0.6 is 23.4 Å². The van der Waals surface area contributed by atoms with Gasteiger partial charge in [-0.1, -0.05) is 29.8 Å². The smallest absolute Gasteiger partial charge is 0.234 e. The Labute approximate surface area is 133 Å². The summed E-state index contributed by atoms with van der Waals surface area (Å²) < 4.78 is 0. The molecule has 2 aromatic rings. The zero-order valence-corrected chi connectivity index (χ0v) is 13.3. The molecule has 0 bridgehead atoms. The standard InChI is InChI=1S/C16H17ClN2OS/c1-11-2-7-14(8-15(11)17)19-16(20)10-21-9-12-3-5-13(18)6-4-12/h2-8H,9-10,18H2,1H3,(H,19,20). The van der Waals surface area contributed by atoms with Crippen LogP contribution in [0.25, 0.3) is 0 Å². The van der Waals surface area contributed by atoms with Crippen molar-refractivity contribution in [2.24, 2.45) is 0 Å². The monoisotopic (exact) mass is 320 g/mol. The minimum Gasteiger partial charge on any atom is -0.399 e. The zero-order chi connectivity index (χ0) is 15.2. The van der Waals surface area contributed by atoms with E-state index >= 15 is 0 Å². The van der Waals surface area contributed by atoms with E-state index in [1.165, 1.54) is 0 Å². The van der Waals surface area contributed by atoms with Crippen molar-refractivity contribution < 1.29 is 4.79 Å². The number of hydrogen-bond donors (Lipinski definition) is 2. The molecule has 0 spiro atoms. The molecule has 0 saturated carbocycles. The Hall–Kier alpha value is -1.65. The van der Waals surface area contributed by atoms with Gasteiger partial charge in [0.2, 0.25) is 5.91 Å². The molecule has 21 heavy (non-hydrogen) atoms. The lowest BCUT2D eigenvalue weighted by atomic mass is 10.2. The molecule has 2 aromatic carbocycles. The van der Waals surface area contributed by atoms with Gasteiger partial charge in [-0.15, -0.1) is 11.8 Å². The Kier molecular flexibility index (Phi) is 5.53. The minimum absolute atomic E-state index is 0.0321. The Morgan fingerprint density at radius 2 is 1.95 bits per heavy atom. The van der Waals surface area contributed by atoms with Crippen molar-refractivity contribution in [2.45, 2.75) is 12.7 Å². The number of aryl methyl sites for hydroxylation is 1. The Bertz CT molecular complexity index is 629. The summed E-state index contributed by atoms with van der Waals surface area (Å²) in [6.45, 7) is 1.93. The number of benzene rings is 2. The van der Waals surface area contributed by atoms with E-state index in [4.69, 9.17) is 17.3 Å². The quantitative estimate of drug-likeness (QED) is 0.815. The molecular formula is C16H17ClN2OS. The molecule has 0 aliphatic heterocycles. The number of amides is 1. The lowest BCUT2D eigenvalue weighted by Gasteiger charge is -2.07. The summed E-state index contributed by atoms with van der Waals surface area (Å²) >= 11 is 7.59. The zero-order valence-electron chi connectivity index (χ0n) is 11.7. The van der Waals surface area contributed by atoms with E-state index in [1.807, 2.05) is 43.3 Å². The molecule has 0 fully saturated rings. The van der Waals surface area contributed by atoms with Gasteiger partial charge in [-0.2, -0.15) is 0 Å². The van der Waals surface area contributed by atoms with Gasteiger partial charge in [-0.3, -0.25) is 4.79 Å². The maximum Gasteiger partial charge on any atom is 0.234 e. The SMILES string of the molecule is Cc1ccc(NC(=O)CSCc2ccc(N)cc2)cc1Cl. The lowest BCUT2D eigenvalue weighted by molar-refractivity contribution is -0.113. The average Bonchev–Trinajstić information content (AvgIpc) is 2.45. The first-order valence-electron chi connectivity index (χ1n) is 6.53. The average molecular weight is 321 g/mol. The molecule has 0 aliphatic carbocycles. The van der Waals surface area contributed by atoms with Crippen LogP contribution in [0.4, 0.5) is 11.4 Å². The largest absolute Gasteiger partial charge is 0.399 e. The number of carbonyl (C=O) groups is 1. The van der Waals surface area contributed by atoms with Gasteiger partial charge >= 0.3 is 0 Å². The number of halogens is 1. The topological polar surface area (TPSA) is 55.1 Å². The highest BCUT2D eigenvalue weighted by molar-refractivity contribution is 7.99. The second-order valence-electron chi connectivity index (χ2n) is 4.75. The fourth-order valence-corrected chi connectivity index (χ4v) is 2.71. The van der Waals surface area contributed by atoms with Gasteiger partial charge in [-0.05, 0) is 42.3 Å². The van der Waals surface area contributed by atoms with E-state index in [9.17, 15) is 4.79 Å². The molecule has 5 heteroatoms. The van der Waals surface area contributed by atoms with Crippen molar-refractivity contribution in [3.63, 3.8) is 0 Å². The summed E-state index contributed by atoms with van der Waals surface area (Å²) in [5.74, 6) is 1.15. The van der Waals surface area contributed by atoms with Crippen molar-refractivity contribution in [3.05, 3.63) is 58.6 Å². The molecule has 0 atom stereocenters. The van der Waals surface area contributed by atoms with Gasteiger partial charge in [0.05, 0.1) is 5.75 Å². The van der Waals surface area contributed by atoms with Gasteiger partial charge in [0.15, 0.2) is 0 Å². The number of nitrogens with two attached hydrogens (primary N) is 1. The van der Waals surface area contributed by atoms with E-state index in [0.717, 1.165) is 28.3 Å². The molecule has 0 aliphatic rings. The highest BCUT2D eigenvalue weighted by Gasteiger charge is 2.04. The molecule has 110 valence electrons. The van der Waals surface area contributed by atoms with Crippen molar-refractivity contribution in [1.82, 2.24) is 0 Å². The van der Waals surface area contributed by atoms with Gasteiger partial charge in [0.1, 0.15) is 0 Å². The van der Waals surface area contributed by atoms with Crippen LogP contribution in [0.5, 0.6) is 0 Å². The minimum atomic E-state index is -0.0321. The van der Waals surface area contributed by atoms with Crippen molar-refractivity contribution in [1.29, 1.82) is 0 Å². The van der Waals surface area contributed by atoms with Crippen molar-refractivity contribution in [2.75, 3.05) is 16.8 Å². The molecule has 0 saturated heterocycles. The molecule has 0 heterocycles. The van der Waals surface area contributed by atoms with E-state index in [0.29, 0.717) is 10.8 Å². The number of thioether (sulfide) groups is 1.